The molecule has 0 amide bonds. The van der Waals surface area contributed by atoms with E-state index in [0.717, 1.165) is 32.1 Å². The smallest absolute Gasteiger partial charge is 0.155 e. The molecule has 3 fully saturated rings. The minimum atomic E-state index is -0.134. The topological polar surface area (TPSA) is 37.3 Å². The average Bonchev–Trinajstić information content (AvgIpc) is 2.77. The molecule has 1 N–H and O–H groups in total. The third kappa shape index (κ3) is 1.86. The maximum atomic E-state index is 11.9. The van der Waals surface area contributed by atoms with Gasteiger partial charge in [0.1, 0.15) is 0 Å². The zero-order valence-electron chi connectivity index (χ0n) is 13.6. The Balaban J connectivity index is 1.73. The molecule has 0 heterocycles. The molecule has 22 heavy (non-hydrogen) atoms. The Kier molecular flexibility index (Phi) is 3.34. The normalized spacial score (nSPS) is 54.3. The predicted molar refractivity (Wildman–Crippen MR) is 87.7 cm³/mol. The number of fused-ring (bicyclic) bond motifs is 5. The van der Waals surface area contributed by atoms with Crippen molar-refractivity contribution < 1.29 is 9.90 Å². The molecule has 0 saturated heterocycles. The first-order chi connectivity index (χ1) is 10.4. The fourth-order valence-electron chi connectivity index (χ4n) is 6.53. The number of carbonyl (C=O) groups is 1. The summed E-state index contributed by atoms with van der Waals surface area (Å²) in [5.41, 5.74) is 1.42. The molecule has 7 atom stereocenters. The van der Waals surface area contributed by atoms with Crippen LogP contribution in [0, 0.1) is 28.6 Å². The summed E-state index contributed by atoms with van der Waals surface area (Å²) in [5, 5.41) is 10.5. The molecule has 0 unspecified atom stereocenters. The summed E-state index contributed by atoms with van der Waals surface area (Å²) in [6.45, 7) is 4.65. The molecule has 0 aromatic heterocycles. The lowest BCUT2D eigenvalue weighted by Crippen LogP contribution is -2.53. The molecule has 2 nitrogen and oxygen atoms in total. The van der Waals surface area contributed by atoms with E-state index < -0.39 is 0 Å². The van der Waals surface area contributed by atoms with Gasteiger partial charge in [-0.1, -0.05) is 13.8 Å². The van der Waals surface area contributed by atoms with Crippen LogP contribution in [0.25, 0.3) is 0 Å². The van der Waals surface area contributed by atoms with Crippen molar-refractivity contribution in [2.45, 2.75) is 70.3 Å². The number of ketones is 1. The van der Waals surface area contributed by atoms with Gasteiger partial charge in [0, 0.05) is 6.42 Å². The van der Waals surface area contributed by atoms with Crippen LogP contribution in [0.4, 0.5) is 0 Å². The lowest BCUT2D eigenvalue weighted by atomic mass is 9.47. The van der Waals surface area contributed by atoms with Crippen molar-refractivity contribution >= 4 is 17.4 Å². The third-order valence-corrected chi connectivity index (χ3v) is 8.30. The number of hydrogen-bond donors (Lipinski definition) is 1. The molecule has 4 aliphatic rings. The van der Waals surface area contributed by atoms with E-state index in [1.165, 1.54) is 12.0 Å². The fourth-order valence-corrected chi connectivity index (χ4v) is 7.05. The van der Waals surface area contributed by atoms with Gasteiger partial charge in [-0.3, -0.25) is 4.79 Å². The van der Waals surface area contributed by atoms with Gasteiger partial charge in [0.15, 0.2) is 5.78 Å². The molecule has 3 saturated carbocycles. The van der Waals surface area contributed by atoms with Crippen molar-refractivity contribution in [2.75, 3.05) is 0 Å². The van der Waals surface area contributed by atoms with E-state index >= 15 is 0 Å². The molecular formula is C19H27ClO2. The van der Waals surface area contributed by atoms with Gasteiger partial charge in [0.05, 0.1) is 11.5 Å². The van der Waals surface area contributed by atoms with Crippen molar-refractivity contribution in [2.24, 2.45) is 28.6 Å². The molecule has 4 rings (SSSR count). The highest BCUT2D eigenvalue weighted by Crippen LogP contribution is 2.65. The maximum absolute atomic E-state index is 11.9. The van der Waals surface area contributed by atoms with E-state index in [4.69, 9.17) is 11.6 Å². The monoisotopic (exact) mass is 322 g/mol. The van der Waals surface area contributed by atoms with Crippen molar-refractivity contribution in [3.63, 3.8) is 0 Å². The van der Waals surface area contributed by atoms with Crippen LogP contribution in [-0.4, -0.2) is 22.4 Å². The highest BCUT2D eigenvalue weighted by atomic mass is 35.5. The second-order valence-corrected chi connectivity index (χ2v) is 9.23. The zero-order valence-corrected chi connectivity index (χ0v) is 14.4. The van der Waals surface area contributed by atoms with Crippen LogP contribution >= 0.6 is 11.6 Å². The third-order valence-electron chi connectivity index (χ3n) is 7.89. The second kappa shape index (κ2) is 4.83. The molecule has 0 aromatic carbocycles. The Bertz CT molecular complexity index is 542. The van der Waals surface area contributed by atoms with Crippen molar-refractivity contribution in [3.05, 3.63) is 11.6 Å². The number of aliphatic hydroxyl groups is 1. The van der Waals surface area contributed by atoms with E-state index in [0.29, 0.717) is 24.2 Å². The first kappa shape index (κ1) is 15.2. The second-order valence-electron chi connectivity index (χ2n) is 8.70. The van der Waals surface area contributed by atoms with E-state index in [-0.39, 0.29) is 28.1 Å². The van der Waals surface area contributed by atoms with Crippen LogP contribution in [0.15, 0.2) is 11.6 Å². The molecule has 0 aromatic rings. The lowest BCUT2D eigenvalue weighted by molar-refractivity contribution is -0.117. The molecule has 4 aliphatic carbocycles. The summed E-state index contributed by atoms with van der Waals surface area (Å²) < 4.78 is 0. The number of hydrogen-bond acceptors (Lipinski definition) is 2. The lowest BCUT2D eigenvalue weighted by Gasteiger charge is -2.58. The zero-order chi connectivity index (χ0) is 15.7. The first-order valence-electron chi connectivity index (χ1n) is 8.93. The predicted octanol–water partition coefficient (Wildman–Crippen LogP) is 4.10. The summed E-state index contributed by atoms with van der Waals surface area (Å²) >= 11 is 6.75. The minimum absolute atomic E-state index is 0.00981. The summed E-state index contributed by atoms with van der Waals surface area (Å²) in [7, 11) is 0. The van der Waals surface area contributed by atoms with Gasteiger partial charge in [-0.15, -0.1) is 11.6 Å². The van der Waals surface area contributed by atoms with Gasteiger partial charge in [0.25, 0.3) is 0 Å². The maximum Gasteiger partial charge on any atom is 0.155 e. The largest absolute Gasteiger partial charge is 0.393 e. The molecule has 0 bridgehead atoms. The van der Waals surface area contributed by atoms with Crippen molar-refractivity contribution in [3.8, 4) is 0 Å². The summed E-state index contributed by atoms with van der Waals surface area (Å²) in [5.74, 6) is 2.13. The molecule has 0 aliphatic heterocycles. The number of rotatable bonds is 0. The van der Waals surface area contributed by atoms with Crippen LogP contribution in [0.5, 0.6) is 0 Å². The number of carbonyl (C=O) groups excluding carboxylic acids is 1. The van der Waals surface area contributed by atoms with Crippen LogP contribution < -0.4 is 0 Å². The molecule has 0 radical (unpaired) electrons. The van der Waals surface area contributed by atoms with Gasteiger partial charge in [0.2, 0.25) is 0 Å². The van der Waals surface area contributed by atoms with E-state index in [2.05, 4.69) is 13.8 Å². The quantitative estimate of drug-likeness (QED) is 0.682. The van der Waals surface area contributed by atoms with Crippen molar-refractivity contribution in [1.29, 1.82) is 0 Å². The molecule has 0 spiro atoms. The Morgan fingerprint density at radius 1 is 1.18 bits per heavy atom. The van der Waals surface area contributed by atoms with Crippen LogP contribution in [0.1, 0.15) is 58.8 Å². The summed E-state index contributed by atoms with van der Waals surface area (Å²) in [6.07, 6.45) is 8.79. The molecule has 122 valence electrons. The number of alkyl halides is 1. The van der Waals surface area contributed by atoms with Crippen LogP contribution in [0.3, 0.4) is 0 Å². The molecule has 3 heteroatoms. The number of aliphatic hydroxyl groups excluding tert-OH is 1. The van der Waals surface area contributed by atoms with Gasteiger partial charge >= 0.3 is 0 Å². The average molecular weight is 323 g/mol. The first-order valence-corrected chi connectivity index (χ1v) is 9.37. The van der Waals surface area contributed by atoms with Gasteiger partial charge < -0.3 is 5.11 Å². The van der Waals surface area contributed by atoms with E-state index in [9.17, 15) is 9.90 Å². The Labute approximate surface area is 138 Å². The Morgan fingerprint density at radius 2 is 1.95 bits per heavy atom. The standard InChI is InChI=1S/C19H27ClO2/c1-18-7-5-11(21)9-15(18)16(20)10-12-13-3-4-17(22)19(13,2)8-6-14(12)18/h9,12-14,16-17,22H,3-8,10H2,1-2H3/t12-,13-,14-,16+,17-,18+,19-/m0/s1. The van der Waals surface area contributed by atoms with E-state index in [1.54, 1.807) is 0 Å². The van der Waals surface area contributed by atoms with Crippen LogP contribution in [-0.2, 0) is 4.79 Å². The highest BCUT2D eigenvalue weighted by Gasteiger charge is 2.60. The van der Waals surface area contributed by atoms with Gasteiger partial charge in [-0.2, -0.15) is 0 Å². The number of halogens is 1. The Morgan fingerprint density at radius 3 is 2.73 bits per heavy atom. The number of allylic oxidation sites excluding steroid dienone is 1. The SMILES string of the molecule is C[C@]12CC[C@H]3[C@@H](C[C@@H](Cl)C4=CC(=O)CC[C@@]43C)[C@@H]1CC[C@@H]2O. The summed E-state index contributed by atoms with van der Waals surface area (Å²) in [4.78, 5) is 11.9. The van der Waals surface area contributed by atoms with Gasteiger partial charge in [-0.25, -0.2) is 0 Å². The highest BCUT2D eigenvalue weighted by molar-refractivity contribution is 6.23. The molecular weight excluding hydrogens is 296 g/mol. The van der Waals surface area contributed by atoms with E-state index in [1.807, 2.05) is 6.08 Å². The van der Waals surface area contributed by atoms with Crippen LogP contribution in [0.2, 0.25) is 0 Å². The summed E-state index contributed by atoms with van der Waals surface area (Å²) in [6, 6.07) is 0. The fraction of sp³-hybridized carbons (Fsp3) is 0.842. The van der Waals surface area contributed by atoms with Crippen molar-refractivity contribution in [1.82, 2.24) is 0 Å². The van der Waals surface area contributed by atoms with Gasteiger partial charge in [-0.05, 0) is 78.8 Å². The minimum Gasteiger partial charge on any atom is -0.393 e. The Hall–Kier alpha value is -0.340.